The Bertz CT molecular complexity index is 537. The Balaban J connectivity index is 2.10. The second-order valence-electron chi connectivity index (χ2n) is 6.28. The van der Waals surface area contributed by atoms with E-state index in [0.29, 0.717) is 18.9 Å². The van der Waals surface area contributed by atoms with Gasteiger partial charge in [0.1, 0.15) is 17.2 Å². The van der Waals surface area contributed by atoms with E-state index in [4.69, 9.17) is 0 Å². The van der Waals surface area contributed by atoms with Crippen LogP contribution in [0.5, 0.6) is 0 Å². The third kappa shape index (κ3) is 3.87. The van der Waals surface area contributed by atoms with Gasteiger partial charge in [0.15, 0.2) is 0 Å². The zero-order valence-corrected chi connectivity index (χ0v) is 13.6. The second-order valence-corrected chi connectivity index (χ2v) is 6.28. The highest BCUT2D eigenvalue weighted by Gasteiger charge is 2.37. The normalized spacial score (nSPS) is 19.3. The van der Waals surface area contributed by atoms with Crippen LogP contribution in [0.25, 0.3) is 0 Å². The number of hydrogen-bond donors (Lipinski definition) is 2. The van der Waals surface area contributed by atoms with Crippen LogP contribution in [0.2, 0.25) is 0 Å². The van der Waals surface area contributed by atoms with Gasteiger partial charge < -0.3 is 15.3 Å². The Morgan fingerprint density at radius 1 is 1.35 bits per heavy atom. The minimum atomic E-state index is -0.896. The second kappa shape index (κ2) is 7.36. The molecule has 4 nitrogen and oxygen atoms in total. The summed E-state index contributed by atoms with van der Waals surface area (Å²) in [5, 5.41) is 12.4. The van der Waals surface area contributed by atoms with Crippen LogP contribution in [-0.4, -0.2) is 47.2 Å². The lowest BCUT2D eigenvalue weighted by molar-refractivity contribution is 0.0516. The lowest BCUT2D eigenvalue weighted by Gasteiger charge is -2.43. The molecule has 1 heterocycles. The van der Waals surface area contributed by atoms with Crippen molar-refractivity contribution in [1.29, 1.82) is 0 Å². The van der Waals surface area contributed by atoms with E-state index in [1.165, 1.54) is 6.07 Å². The summed E-state index contributed by atoms with van der Waals surface area (Å²) >= 11 is 0. The van der Waals surface area contributed by atoms with Gasteiger partial charge in [-0.1, -0.05) is 13.0 Å². The van der Waals surface area contributed by atoms with Crippen molar-refractivity contribution < 1.29 is 18.7 Å². The number of piperidine rings is 1. The molecule has 0 aromatic heterocycles. The summed E-state index contributed by atoms with van der Waals surface area (Å²) in [7, 11) is 0. The topological polar surface area (TPSA) is 52.6 Å². The molecule has 0 bridgehead atoms. The van der Waals surface area contributed by atoms with E-state index in [9.17, 15) is 18.7 Å². The number of nitrogens with zero attached hydrogens (tertiary/aromatic N) is 1. The highest BCUT2D eigenvalue weighted by Crippen LogP contribution is 2.25. The fraction of sp³-hybridized carbons (Fsp3) is 0.588. The van der Waals surface area contributed by atoms with Crippen LogP contribution in [0.15, 0.2) is 18.2 Å². The molecule has 1 saturated heterocycles. The highest BCUT2D eigenvalue weighted by atomic mass is 19.1. The van der Waals surface area contributed by atoms with Crippen LogP contribution < -0.4 is 5.32 Å². The van der Waals surface area contributed by atoms with Crippen LogP contribution in [0.4, 0.5) is 8.78 Å². The molecule has 1 aromatic carbocycles. The van der Waals surface area contributed by atoms with Crippen molar-refractivity contribution in [3.8, 4) is 0 Å². The largest absolute Gasteiger partial charge is 0.394 e. The number of amides is 1. The lowest BCUT2D eigenvalue weighted by Crippen LogP contribution is -2.58. The zero-order chi connectivity index (χ0) is 17.0. The fourth-order valence-electron chi connectivity index (χ4n) is 2.99. The molecule has 0 spiro atoms. The number of benzene rings is 1. The van der Waals surface area contributed by atoms with Gasteiger partial charge in [-0.3, -0.25) is 4.79 Å². The van der Waals surface area contributed by atoms with Crippen LogP contribution in [0.1, 0.15) is 43.5 Å². The van der Waals surface area contributed by atoms with E-state index in [1.54, 1.807) is 0 Å². The molecule has 2 rings (SSSR count). The molecule has 1 atom stereocenters. The van der Waals surface area contributed by atoms with Gasteiger partial charge in [0.25, 0.3) is 5.91 Å². The first-order valence-corrected chi connectivity index (χ1v) is 8.04. The third-order valence-electron chi connectivity index (χ3n) is 4.84. The number of nitrogens with one attached hydrogen (secondary N) is 1. The van der Waals surface area contributed by atoms with Crippen molar-refractivity contribution in [1.82, 2.24) is 10.2 Å². The molecule has 1 aromatic rings. The molecule has 1 unspecified atom stereocenters. The van der Waals surface area contributed by atoms with Gasteiger partial charge >= 0.3 is 0 Å². The first-order valence-electron chi connectivity index (χ1n) is 8.04. The Kier molecular flexibility index (Phi) is 5.70. The summed E-state index contributed by atoms with van der Waals surface area (Å²) in [6.07, 6.45) is 2.13. The van der Waals surface area contributed by atoms with Crippen LogP contribution >= 0.6 is 0 Å². The molecule has 0 radical (unpaired) electrons. The van der Waals surface area contributed by atoms with Gasteiger partial charge in [-0.25, -0.2) is 8.78 Å². The average Bonchev–Trinajstić information content (AvgIpc) is 2.54. The molecule has 2 N–H and O–H groups in total. The Hall–Kier alpha value is -1.53. The number of halogens is 2. The summed E-state index contributed by atoms with van der Waals surface area (Å²) in [5.41, 5.74) is -1.42. The highest BCUT2D eigenvalue weighted by molar-refractivity contribution is 5.95. The number of aliphatic hydroxyl groups excluding tert-OH is 1. The average molecular weight is 326 g/mol. The molecule has 0 aliphatic carbocycles. The standard InChI is InChI=1S/C17H24F2N2O2/c1-3-12(2)21-9-7-17(11-22,8-10-21)20-16(23)15-13(18)5-4-6-14(15)19/h4-6,12,22H,3,7-11H2,1-2H3,(H,20,23). The third-order valence-corrected chi connectivity index (χ3v) is 4.84. The molecule has 128 valence electrons. The summed E-state index contributed by atoms with van der Waals surface area (Å²) in [4.78, 5) is 14.6. The predicted molar refractivity (Wildman–Crippen MR) is 84.2 cm³/mol. The van der Waals surface area contributed by atoms with Crippen molar-refractivity contribution in [3.05, 3.63) is 35.4 Å². The van der Waals surface area contributed by atoms with Gasteiger partial charge in [-0.15, -0.1) is 0 Å². The van der Waals surface area contributed by atoms with E-state index in [1.807, 2.05) is 0 Å². The maximum atomic E-state index is 13.7. The number of carbonyl (C=O) groups excluding carboxylic acids is 1. The number of rotatable bonds is 5. The molecular formula is C17H24F2N2O2. The van der Waals surface area contributed by atoms with E-state index in [2.05, 4.69) is 24.1 Å². The predicted octanol–water partition coefficient (Wildman–Crippen LogP) is 2.32. The smallest absolute Gasteiger partial charge is 0.257 e. The maximum Gasteiger partial charge on any atom is 0.257 e. The minimum Gasteiger partial charge on any atom is -0.394 e. The maximum absolute atomic E-state index is 13.7. The molecule has 1 amide bonds. The van der Waals surface area contributed by atoms with Crippen molar-refractivity contribution in [2.45, 2.75) is 44.7 Å². The van der Waals surface area contributed by atoms with E-state index in [0.717, 1.165) is 31.6 Å². The number of aliphatic hydroxyl groups is 1. The summed E-state index contributed by atoms with van der Waals surface area (Å²) in [6, 6.07) is 3.75. The quantitative estimate of drug-likeness (QED) is 0.873. The Morgan fingerprint density at radius 3 is 2.39 bits per heavy atom. The SMILES string of the molecule is CCC(C)N1CCC(CO)(NC(=O)c2c(F)cccc2F)CC1. The van der Waals surface area contributed by atoms with Crippen LogP contribution in [-0.2, 0) is 0 Å². The van der Waals surface area contributed by atoms with Crippen molar-refractivity contribution in [3.63, 3.8) is 0 Å². The molecule has 1 aliphatic heterocycles. The monoisotopic (exact) mass is 326 g/mol. The molecule has 1 aliphatic rings. The number of carbonyl (C=O) groups is 1. The number of hydrogen-bond acceptors (Lipinski definition) is 3. The lowest BCUT2D eigenvalue weighted by atomic mass is 9.87. The van der Waals surface area contributed by atoms with E-state index in [-0.39, 0.29) is 6.61 Å². The molecular weight excluding hydrogens is 302 g/mol. The van der Waals surface area contributed by atoms with Gasteiger partial charge in [-0.2, -0.15) is 0 Å². The van der Waals surface area contributed by atoms with Crippen molar-refractivity contribution in [2.75, 3.05) is 19.7 Å². The molecule has 1 fully saturated rings. The van der Waals surface area contributed by atoms with Crippen LogP contribution in [0.3, 0.4) is 0 Å². The first-order chi connectivity index (χ1) is 10.9. The van der Waals surface area contributed by atoms with Crippen molar-refractivity contribution >= 4 is 5.91 Å². The van der Waals surface area contributed by atoms with Gasteiger partial charge in [0.05, 0.1) is 12.1 Å². The first kappa shape index (κ1) is 17.8. The summed E-state index contributed by atoms with van der Waals surface area (Å²) in [6.45, 7) is 5.47. The Morgan fingerprint density at radius 2 is 1.91 bits per heavy atom. The van der Waals surface area contributed by atoms with Gasteiger partial charge in [0.2, 0.25) is 0 Å². The van der Waals surface area contributed by atoms with Gasteiger partial charge in [0, 0.05) is 19.1 Å². The van der Waals surface area contributed by atoms with Crippen molar-refractivity contribution in [2.24, 2.45) is 0 Å². The van der Waals surface area contributed by atoms with Gasteiger partial charge in [-0.05, 0) is 38.3 Å². The molecule has 23 heavy (non-hydrogen) atoms. The number of likely N-dealkylation sites (tertiary alicyclic amines) is 1. The summed E-state index contributed by atoms with van der Waals surface area (Å²) < 4.78 is 27.5. The van der Waals surface area contributed by atoms with E-state index < -0.39 is 28.6 Å². The Labute approximate surface area is 135 Å². The van der Waals surface area contributed by atoms with E-state index >= 15 is 0 Å². The molecule has 6 heteroatoms. The molecule has 0 saturated carbocycles. The fourth-order valence-corrected chi connectivity index (χ4v) is 2.99. The minimum absolute atomic E-state index is 0.247. The van der Waals surface area contributed by atoms with Crippen LogP contribution in [0, 0.1) is 11.6 Å². The zero-order valence-electron chi connectivity index (χ0n) is 13.6. The summed E-state index contributed by atoms with van der Waals surface area (Å²) in [5.74, 6) is -2.60.